The maximum Gasteiger partial charge on any atom is 0.212 e. The molecular weight excluding hydrogens is 178 g/mol. The summed E-state index contributed by atoms with van der Waals surface area (Å²) in [4.78, 5) is 0. The number of aliphatic hydroxyl groups excluding tert-OH is 1. The molecule has 0 aromatic rings. The molecule has 0 radical (unpaired) electrons. The Balaban J connectivity index is 2.38. The van der Waals surface area contributed by atoms with Gasteiger partial charge >= 0.3 is 0 Å². The molecule has 1 saturated carbocycles. The van der Waals surface area contributed by atoms with Crippen LogP contribution >= 0.6 is 0 Å². The molecule has 2 N–H and O–H groups in total. The summed E-state index contributed by atoms with van der Waals surface area (Å²) in [5, 5.41) is 8.45. The lowest BCUT2D eigenvalue weighted by Gasteiger charge is -2.10. The van der Waals surface area contributed by atoms with E-state index in [1.165, 1.54) is 0 Å². The highest BCUT2D eigenvalue weighted by atomic mass is 32.2. The van der Waals surface area contributed by atoms with Crippen molar-refractivity contribution in [2.45, 2.75) is 31.7 Å². The molecule has 0 aromatic carbocycles. The van der Waals surface area contributed by atoms with Crippen LogP contribution in [0.3, 0.4) is 0 Å². The predicted molar refractivity (Wildman–Crippen MR) is 46.3 cm³/mol. The minimum Gasteiger partial charge on any atom is -0.396 e. The molecule has 1 aliphatic carbocycles. The molecule has 4 nitrogen and oxygen atoms in total. The molecule has 0 spiro atoms. The molecule has 1 aliphatic rings. The average Bonchev–Trinajstić information content (AvgIpc) is 2.62. The van der Waals surface area contributed by atoms with Crippen LogP contribution in [0.2, 0.25) is 0 Å². The summed E-state index contributed by atoms with van der Waals surface area (Å²) in [6.45, 7) is 1.82. The Hall–Kier alpha value is -0.130. The molecule has 1 rings (SSSR count). The Bertz CT molecular complexity index is 243. The zero-order valence-corrected chi connectivity index (χ0v) is 8.02. The van der Waals surface area contributed by atoms with Gasteiger partial charge < -0.3 is 5.11 Å². The van der Waals surface area contributed by atoms with Crippen molar-refractivity contribution in [1.82, 2.24) is 4.72 Å². The van der Waals surface area contributed by atoms with Crippen molar-refractivity contribution in [2.24, 2.45) is 0 Å². The maximum absolute atomic E-state index is 11.2. The fourth-order valence-electron chi connectivity index (χ4n) is 0.971. The molecule has 0 unspecified atom stereocenters. The zero-order chi connectivity index (χ0) is 9.24. The lowest BCUT2D eigenvalue weighted by molar-refractivity contribution is 0.295. The van der Waals surface area contributed by atoms with Gasteiger partial charge in [0.25, 0.3) is 0 Å². The summed E-state index contributed by atoms with van der Waals surface area (Å²) < 4.78 is 25.0. The van der Waals surface area contributed by atoms with Gasteiger partial charge in [-0.15, -0.1) is 0 Å². The van der Waals surface area contributed by atoms with E-state index < -0.39 is 10.0 Å². The van der Waals surface area contributed by atoms with E-state index in [-0.39, 0.29) is 17.9 Å². The number of hydrogen-bond acceptors (Lipinski definition) is 3. The first kappa shape index (κ1) is 9.95. The predicted octanol–water partition coefficient (Wildman–Crippen LogP) is -0.159. The largest absolute Gasteiger partial charge is 0.396 e. The lowest BCUT2D eigenvalue weighted by Crippen LogP contribution is -2.36. The number of sulfonamides is 1. The van der Waals surface area contributed by atoms with Crippen LogP contribution in [0.5, 0.6) is 0 Å². The topological polar surface area (TPSA) is 66.4 Å². The molecule has 5 heteroatoms. The minimum absolute atomic E-state index is 0.0269. The molecule has 0 atom stereocenters. The quantitative estimate of drug-likeness (QED) is 0.637. The van der Waals surface area contributed by atoms with Crippen LogP contribution in [0.15, 0.2) is 0 Å². The third-order valence-electron chi connectivity index (χ3n) is 1.97. The van der Waals surface area contributed by atoms with E-state index in [9.17, 15) is 8.42 Å². The van der Waals surface area contributed by atoms with Crippen LogP contribution in [0.1, 0.15) is 26.2 Å². The molecule has 0 heterocycles. The molecule has 0 bridgehead atoms. The molecule has 72 valence electrons. The van der Waals surface area contributed by atoms with E-state index >= 15 is 0 Å². The molecule has 1 fully saturated rings. The Labute approximate surface area is 73.0 Å². The van der Waals surface area contributed by atoms with Crippen LogP contribution in [-0.4, -0.2) is 31.4 Å². The summed E-state index contributed by atoms with van der Waals surface area (Å²) in [5.74, 6) is 0.0269. The Morgan fingerprint density at radius 3 is 2.50 bits per heavy atom. The number of hydrogen-bond donors (Lipinski definition) is 2. The normalized spacial score (nSPS) is 20.8. The monoisotopic (exact) mass is 193 g/mol. The highest BCUT2D eigenvalue weighted by Crippen LogP contribution is 2.34. The highest BCUT2D eigenvalue weighted by Gasteiger charge is 2.40. The van der Waals surface area contributed by atoms with Crippen molar-refractivity contribution in [3.8, 4) is 0 Å². The van der Waals surface area contributed by atoms with E-state index in [1.54, 1.807) is 0 Å². The van der Waals surface area contributed by atoms with Crippen molar-refractivity contribution in [3.05, 3.63) is 0 Å². The van der Waals surface area contributed by atoms with Gasteiger partial charge in [0.1, 0.15) is 0 Å². The third-order valence-corrected chi connectivity index (χ3v) is 3.60. The fourth-order valence-corrected chi connectivity index (χ4v) is 2.54. The second-order valence-corrected chi connectivity index (χ2v) is 5.40. The standard InChI is InChI=1S/C7H15NO3S/c1-7(3-4-7)8-12(10,11)6-2-5-9/h8-9H,2-6H2,1H3. The van der Waals surface area contributed by atoms with Crippen LogP contribution in [0, 0.1) is 0 Å². The van der Waals surface area contributed by atoms with E-state index in [1.807, 2.05) is 6.92 Å². The Morgan fingerprint density at radius 2 is 2.08 bits per heavy atom. The first-order valence-corrected chi connectivity index (χ1v) is 5.75. The molecule has 0 aromatic heterocycles. The highest BCUT2D eigenvalue weighted by molar-refractivity contribution is 7.89. The molecule has 0 amide bonds. The fraction of sp³-hybridized carbons (Fsp3) is 1.00. The molecule has 12 heavy (non-hydrogen) atoms. The van der Waals surface area contributed by atoms with Gasteiger partial charge in [0.2, 0.25) is 10.0 Å². The van der Waals surface area contributed by atoms with Gasteiger partial charge in [-0.3, -0.25) is 0 Å². The van der Waals surface area contributed by atoms with E-state index in [0.717, 1.165) is 12.8 Å². The molecule has 0 aliphatic heterocycles. The Morgan fingerprint density at radius 1 is 1.50 bits per heavy atom. The van der Waals surface area contributed by atoms with Gasteiger partial charge in [0.05, 0.1) is 5.75 Å². The van der Waals surface area contributed by atoms with E-state index in [2.05, 4.69) is 4.72 Å². The SMILES string of the molecule is CC1(NS(=O)(=O)CCCO)CC1. The summed E-state index contributed by atoms with van der Waals surface area (Å²) in [6, 6.07) is 0. The number of aliphatic hydroxyl groups is 1. The summed E-state index contributed by atoms with van der Waals surface area (Å²) >= 11 is 0. The van der Waals surface area contributed by atoms with E-state index in [4.69, 9.17) is 5.11 Å². The molecule has 0 saturated heterocycles. The molecular formula is C7H15NO3S. The smallest absolute Gasteiger partial charge is 0.212 e. The van der Waals surface area contributed by atoms with Crippen LogP contribution in [0.4, 0.5) is 0 Å². The first-order chi connectivity index (χ1) is 5.47. The van der Waals surface area contributed by atoms with Crippen LogP contribution in [0.25, 0.3) is 0 Å². The van der Waals surface area contributed by atoms with Crippen molar-refractivity contribution >= 4 is 10.0 Å². The van der Waals surface area contributed by atoms with Gasteiger partial charge in [-0.25, -0.2) is 13.1 Å². The van der Waals surface area contributed by atoms with Gasteiger partial charge in [0, 0.05) is 12.1 Å². The van der Waals surface area contributed by atoms with Gasteiger partial charge in [-0.1, -0.05) is 0 Å². The van der Waals surface area contributed by atoms with Crippen molar-refractivity contribution < 1.29 is 13.5 Å². The van der Waals surface area contributed by atoms with Crippen LogP contribution in [-0.2, 0) is 10.0 Å². The second kappa shape index (κ2) is 3.32. The van der Waals surface area contributed by atoms with Crippen molar-refractivity contribution in [2.75, 3.05) is 12.4 Å². The van der Waals surface area contributed by atoms with Crippen molar-refractivity contribution in [3.63, 3.8) is 0 Å². The first-order valence-electron chi connectivity index (χ1n) is 4.10. The Kier molecular flexibility index (Phi) is 2.75. The number of rotatable bonds is 5. The van der Waals surface area contributed by atoms with Crippen LogP contribution < -0.4 is 4.72 Å². The number of nitrogens with one attached hydrogen (secondary N) is 1. The van der Waals surface area contributed by atoms with Gasteiger partial charge in [0.15, 0.2) is 0 Å². The summed E-state index contributed by atoms with van der Waals surface area (Å²) in [6.07, 6.45) is 2.15. The van der Waals surface area contributed by atoms with Gasteiger partial charge in [-0.05, 0) is 26.2 Å². The minimum atomic E-state index is -3.15. The van der Waals surface area contributed by atoms with Gasteiger partial charge in [-0.2, -0.15) is 0 Å². The third kappa shape index (κ3) is 3.08. The maximum atomic E-state index is 11.2. The zero-order valence-electron chi connectivity index (χ0n) is 7.21. The lowest BCUT2D eigenvalue weighted by atomic mass is 10.4. The van der Waals surface area contributed by atoms with Crippen molar-refractivity contribution in [1.29, 1.82) is 0 Å². The van der Waals surface area contributed by atoms with E-state index in [0.29, 0.717) is 6.42 Å². The summed E-state index contributed by atoms with van der Waals surface area (Å²) in [7, 11) is -3.15. The second-order valence-electron chi connectivity index (χ2n) is 3.56. The summed E-state index contributed by atoms with van der Waals surface area (Å²) in [5.41, 5.74) is -0.186. The average molecular weight is 193 g/mol.